The number of hydrogen-bond acceptors (Lipinski definition) is 5. The third kappa shape index (κ3) is 2.91. The third-order valence-electron chi connectivity index (χ3n) is 4.09. The van der Waals surface area contributed by atoms with E-state index in [4.69, 9.17) is 0 Å². The fourth-order valence-corrected chi connectivity index (χ4v) is 3.66. The van der Waals surface area contributed by atoms with Crippen molar-refractivity contribution in [1.29, 1.82) is 0 Å². The number of hydrogen-bond donors (Lipinski definition) is 1. The predicted molar refractivity (Wildman–Crippen MR) is 86.0 cm³/mol. The van der Waals surface area contributed by atoms with Gasteiger partial charge in [-0.25, -0.2) is 9.97 Å². The predicted octanol–water partition coefficient (Wildman–Crippen LogP) is 1.95. The van der Waals surface area contributed by atoms with Crippen LogP contribution in [0.1, 0.15) is 40.4 Å². The van der Waals surface area contributed by atoms with Gasteiger partial charge in [-0.15, -0.1) is 11.3 Å². The maximum atomic E-state index is 12.7. The molecule has 6 nitrogen and oxygen atoms in total. The zero-order chi connectivity index (χ0) is 15.5. The van der Waals surface area contributed by atoms with Crippen LogP contribution in [0.3, 0.4) is 0 Å². The molecule has 2 aromatic heterocycles. The first-order chi connectivity index (χ1) is 10.7. The molecular weight excluding hydrogens is 298 g/mol. The van der Waals surface area contributed by atoms with E-state index in [2.05, 4.69) is 33.7 Å². The van der Waals surface area contributed by atoms with Crippen molar-refractivity contribution in [2.24, 2.45) is 0 Å². The molecule has 7 heteroatoms. The number of nitrogens with one attached hydrogen (secondary N) is 1. The molecule has 0 saturated carbocycles. The Hall–Kier alpha value is -1.73. The number of aryl methyl sites for hydroxylation is 1. The summed E-state index contributed by atoms with van der Waals surface area (Å²) in [5.74, 6) is 1.02. The molecular formula is C15H21N5OS. The highest BCUT2D eigenvalue weighted by Crippen LogP contribution is 2.25. The van der Waals surface area contributed by atoms with E-state index in [9.17, 15) is 4.79 Å². The summed E-state index contributed by atoms with van der Waals surface area (Å²) in [4.78, 5) is 29.6. The van der Waals surface area contributed by atoms with Crippen molar-refractivity contribution in [2.75, 3.05) is 26.2 Å². The lowest BCUT2D eigenvalue weighted by molar-refractivity contribution is 0.0484. The van der Waals surface area contributed by atoms with Crippen LogP contribution < -0.4 is 0 Å². The molecule has 1 aliphatic heterocycles. The first-order valence-electron chi connectivity index (χ1n) is 7.70. The number of carbonyl (C=O) groups is 1. The summed E-state index contributed by atoms with van der Waals surface area (Å²) in [5, 5.41) is 1.01. The molecule has 1 saturated heterocycles. The maximum absolute atomic E-state index is 12.7. The minimum absolute atomic E-state index is 0.0875. The molecule has 1 unspecified atom stereocenters. The molecule has 0 aromatic carbocycles. The van der Waals surface area contributed by atoms with Gasteiger partial charge in [0.05, 0.1) is 17.2 Å². The second kappa shape index (κ2) is 6.58. The number of nitrogens with zero attached hydrogens (tertiary/aromatic N) is 4. The van der Waals surface area contributed by atoms with Gasteiger partial charge in [-0.05, 0) is 13.0 Å². The Balaban J connectivity index is 1.76. The summed E-state index contributed by atoms with van der Waals surface area (Å²) in [5.41, 5.74) is 0. The van der Waals surface area contributed by atoms with Crippen LogP contribution in [-0.2, 0) is 6.42 Å². The van der Waals surface area contributed by atoms with Crippen molar-refractivity contribution < 1.29 is 4.79 Å². The first kappa shape index (κ1) is 15.2. The van der Waals surface area contributed by atoms with Crippen LogP contribution in [0.25, 0.3) is 0 Å². The van der Waals surface area contributed by atoms with E-state index in [0.29, 0.717) is 6.54 Å². The number of rotatable bonds is 4. The van der Waals surface area contributed by atoms with E-state index in [-0.39, 0.29) is 11.9 Å². The quantitative estimate of drug-likeness (QED) is 0.935. The second-order valence-electron chi connectivity index (χ2n) is 5.34. The maximum Gasteiger partial charge on any atom is 0.265 e. The highest BCUT2D eigenvalue weighted by Gasteiger charge is 2.32. The molecule has 1 atom stereocenters. The van der Waals surface area contributed by atoms with E-state index in [1.165, 1.54) is 11.3 Å². The number of carbonyl (C=O) groups excluding carboxylic acids is 1. The number of aromatic nitrogens is 3. The fraction of sp³-hybridized carbons (Fsp3) is 0.533. The van der Waals surface area contributed by atoms with Crippen LogP contribution >= 0.6 is 11.3 Å². The van der Waals surface area contributed by atoms with E-state index >= 15 is 0 Å². The van der Waals surface area contributed by atoms with Gasteiger partial charge in [-0.2, -0.15) is 0 Å². The molecule has 2 aromatic rings. The van der Waals surface area contributed by atoms with Crippen molar-refractivity contribution in [2.45, 2.75) is 26.3 Å². The van der Waals surface area contributed by atoms with Crippen LogP contribution in [0.15, 0.2) is 18.6 Å². The molecule has 3 heterocycles. The Morgan fingerprint density at radius 2 is 2.27 bits per heavy atom. The third-order valence-corrected chi connectivity index (χ3v) is 5.22. The van der Waals surface area contributed by atoms with Gasteiger partial charge in [0.2, 0.25) is 0 Å². The Labute approximate surface area is 134 Å². The average molecular weight is 319 g/mol. The highest BCUT2D eigenvalue weighted by molar-refractivity contribution is 7.13. The van der Waals surface area contributed by atoms with Gasteiger partial charge in [0.15, 0.2) is 0 Å². The Morgan fingerprint density at radius 3 is 2.91 bits per heavy atom. The van der Waals surface area contributed by atoms with E-state index in [1.807, 2.05) is 11.1 Å². The number of aromatic amines is 1. The molecule has 22 heavy (non-hydrogen) atoms. The van der Waals surface area contributed by atoms with Gasteiger partial charge >= 0.3 is 0 Å². The van der Waals surface area contributed by atoms with Crippen LogP contribution in [0.2, 0.25) is 0 Å². The zero-order valence-corrected chi connectivity index (χ0v) is 13.8. The minimum atomic E-state index is 0.0875. The monoisotopic (exact) mass is 319 g/mol. The SMILES string of the molecule is CCc1ncc(C(=O)N2CCN(CC)C(c3ncc[nH]3)C2)s1. The first-order valence-corrected chi connectivity index (χ1v) is 8.51. The minimum Gasteiger partial charge on any atom is -0.347 e. The van der Waals surface area contributed by atoms with Crippen LogP contribution in [0.4, 0.5) is 0 Å². The van der Waals surface area contributed by atoms with E-state index in [0.717, 1.165) is 41.8 Å². The molecule has 1 N–H and O–H groups in total. The van der Waals surface area contributed by atoms with Gasteiger partial charge < -0.3 is 9.88 Å². The van der Waals surface area contributed by atoms with Crippen LogP contribution in [-0.4, -0.2) is 56.8 Å². The second-order valence-corrected chi connectivity index (χ2v) is 6.46. The zero-order valence-electron chi connectivity index (χ0n) is 13.0. The Kier molecular flexibility index (Phi) is 4.54. The molecule has 0 radical (unpaired) electrons. The summed E-state index contributed by atoms with van der Waals surface area (Å²) in [6, 6.07) is 0.135. The molecule has 1 fully saturated rings. The number of likely N-dealkylation sites (N-methyl/N-ethyl adjacent to an activating group) is 1. The van der Waals surface area contributed by atoms with E-state index in [1.54, 1.807) is 12.4 Å². The van der Waals surface area contributed by atoms with Gasteiger partial charge in [0, 0.05) is 32.0 Å². The normalized spacial score (nSPS) is 19.5. The summed E-state index contributed by atoms with van der Waals surface area (Å²) in [6.07, 6.45) is 6.18. The number of imidazole rings is 1. The summed E-state index contributed by atoms with van der Waals surface area (Å²) in [6.45, 7) is 7.44. The van der Waals surface area contributed by atoms with Crippen molar-refractivity contribution in [1.82, 2.24) is 24.8 Å². The van der Waals surface area contributed by atoms with Crippen molar-refractivity contribution in [3.05, 3.63) is 34.3 Å². The summed E-state index contributed by atoms with van der Waals surface area (Å²) >= 11 is 1.50. The number of amides is 1. The standard InChI is InChI=1S/C15H21N5OS/c1-3-13-18-9-12(22-13)15(21)20-8-7-19(4-2)11(10-20)14-16-5-6-17-14/h5-6,9,11H,3-4,7-8,10H2,1-2H3,(H,16,17). The molecule has 1 aliphatic rings. The number of piperazine rings is 1. The van der Waals surface area contributed by atoms with Gasteiger partial charge in [0.1, 0.15) is 10.7 Å². The number of H-pyrrole nitrogens is 1. The lowest BCUT2D eigenvalue weighted by atomic mass is 10.1. The molecule has 118 valence electrons. The van der Waals surface area contributed by atoms with Gasteiger partial charge in [-0.1, -0.05) is 13.8 Å². The van der Waals surface area contributed by atoms with Crippen LogP contribution in [0, 0.1) is 0 Å². The molecule has 0 spiro atoms. The molecule has 3 rings (SSSR count). The summed E-state index contributed by atoms with van der Waals surface area (Å²) in [7, 11) is 0. The van der Waals surface area contributed by atoms with Gasteiger partial charge in [0.25, 0.3) is 5.91 Å². The Bertz CT molecular complexity index is 624. The highest BCUT2D eigenvalue weighted by atomic mass is 32.1. The van der Waals surface area contributed by atoms with Crippen LogP contribution in [0.5, 0.6) is 0 Å². The number of thiazole rings is 1. The van der Waals surface area contributed by atoms with Gasteiger partial charge in [-0.3, -0.25) is 9.69 Å². The van der Waals surface area contributed by atoms with Crippen molar-refractivity contribution in [3.8, 4) is 0 Å². The largest absolute Gasteiger partial charge is 0.347 e. The van der Waals surface area contributed by atoms with Crippen molar-refractivity contribution >= 4 is 17.2 Å². The average Bonchev–Trinajstić information content (AvgIpc) is 3.24. The molecule has 1 amide bonds. The lowest BCUT2D eigenvalue weighted by Gasteiger charge is -2.39. The Morgan fingerprint density at radius 1 is 1.41 bits per heavy atom. The smallest absolute Gasteiger partial charge is 0.265 e. The molecule has 0 bridgehead atoms. The van der Waals surface area contributed by atoms with E-state index < -0.39 is 0 Å². The molecule has 0 aliphatic carbocycles. The lowest BCUT2D eigenvalue weighted by Crippen LogP contribution is -2.50. The van der Waals surface area contributed by atoms with Crippen molar-refractivity contribution in [3.63, 3.8) is 0 Å². The topological polar surface area (TPSA) is 65.1 Å². The summed E-state index contributed by atoms with van der Waals surface area (Å²) < 4.78 is 0. The fourth-order valence-electron chi connectivity index (χ4n) is 2.83.